The van der Waals surface area contributed by atoms with Crippen molar-refractivity contribution in [2.45, 2.75) is 0 Å². The van der Waals surface area contributed by atoms with Gasteiger partial charge in [-0.25, -0.2) is 4.79 Å². The fourth-order valence-electron chi connectivity index (χ4n) is 2.28. The van der Waals surface area contributed by atoms with E-state index in [0.717, 1.165) is 21.5 Å². The molecule has 0 spiro atoms. The normalized spacial score (nSPS) is 10.7. The lowest BCUT2D eigenvalue weighted by Crippen LogP contribution is -2.03. The molecule has 3 aromatic rings. The quantitative estimate of drug-likeness (QED) is 0.400. The molecule has 0 unspecified atom stereocenters. The van der Waals surface area contributed by atoms with Gasteiger partial charge in [-0.2, -0.15) is 5.26 Å². The molecule has 0 aliphatic carbocycles. The summed E-state index contributed by atoms with van der Waals surface area (Å²) in [4.78, 5) is 15.7. The van der Waals surface area contributed by atoms with Gasteiger partial charge in [0.1, 0.15) is 0 Å². The third-order valence-corrected chi connectivity index (χ3v) is 3.06. The molecule has 18 heavy (non-hydrogen) atoms. The van der Waals surface area contributed by atoms with Crippen LogP contribution in [0.4, 0.5) is 0 Å². The summed E-state index contributed by atoms with van der Waals surface area (Å²) in [7, 11) is 0. The predicted octanol–water partition coefficient (Wildman–Crippen LogP) is 3.62. The van der Waals surface area contributed by atoms with Crippen LogP contribution in [0.3, 0.4) is 0 Å². The zero-order chi connectivity index (χ0) is 12.5. The van der Waals surface area contributed by atoms with Crippen molar-refractivity contribution < 1.29 is 14.9 Å². The monoisotopic (exact) mass is 238 g/mol. The maximum atomic E-state index is 11.8. The first-order valence-corrected chi connectivity index (χ1v) is 5.57. The van der Waals surface area contributed by atoms with Gasteiger partial charge in [-0.1, -0.05) is 48.5 Å². The first kappa shape index (κ1) is 10.7. The summed E-state index contributed by atoms with van der Waals surface area (Å²) in [6.45, 7) is 0. The second-order valence-electron chi connectivity index (χ2n) is 4.07. The van der Waals surface area contributed by atoms with Crippen LogP contribution in [0.15, 0.2) is 54.6 Å². The summed E-state index contributed by atoms with van der Waals surface area (Å²) >= 11 is 0. The largest absolute Gasteiger partial charge is 0.374 e. The molecule has 0 saturated carbocycles. The number of hydrogen-bond donors (Lipinski definition) is 1. The van der Waals surface area contributed by atoms with E-state index >= 15 is 0 Å². The van der Waals surface area contributed by atoms with Gasteiger partial charge in [0.2, 0.25) is 0 Å². The van der Waals surface area contributed by atoms with Crippen molar-refractivity contribution in [3.63, 3.8) is 0 Å². The van der Waals surface area contributed by atoms with E-state index in [0.29, 0.717) is 5.56 Å². The SMILES string of the molecule is O=C(OO)c1c2ccccc2cc2ccccc12. The predicted molar refractivity (Wildman–Crippen MR) is 69.5 cm³/mol. The second-order valence-corrected chi connectivity index (χ2v) is 4.07. The van der Waals surface area contributed by atoms with Gasteiger partial charge in [-0.3, -0.25) is 4.89 Å². The van der Waals surface area contributed by atoms with Crippen molar-refractivity contribution in [2.24, 2.45) is 0 Å². The van der Waals surface area contributed by atoms with Crippen LogP contribution in [0.1, 0.15) is 10.4 Å². The van der Waals surface area contributed by atoms with Crippen molar-refractivity contribution in [3.8, 4) is 0 Å². The molecule has 3 nitrogen and oxygen atoms in total. The lowest BCUT2D eigenvalue weighted by atomic mass is 9.97. The zero-order valence-electron chi connectivity index (χ0n) is 9.46. The number of hydrogen-bond acceptors (Lipinski definition) is 3. The molecule has 0 aliphatic rings. The number of carbonyl (C=O) groups excluding carboxylic acids is 1. The molecule has 3 rings (SSSR count). The molecule has 0 saturated heterocycles. The van der Waals surface area contributed by atoms with Gasteiger partial charge in [0.15, 0.2) is 0 Å². The lowest BCUT2D eigenvalue weighted by molar-refractivity contribution is -0.182. The maximum Gasteiger partial charge on any atom is 0.374 e. The number of carbonyl (C=O) groups is 1. The molecule has 0 aromatic heterocycles. The molecule has 0 amide bonds. The standard InChI is InChI=1S/C15H10O3/c16-15(18-17)14-12-7-3-1-5-10(12)9-11-6-2-4-8-13(11)14/h1-9,17H. The molecule has 0 heterocycles. The third kappa shape index (κ3) is 1.53. The first-order valence-electron chi connectivity index (χ1n) is 5.57. The highest BCUT2D eigenvalue weighted by Gasteiger charge is 2.15. The Kier molecular flexibility index (Phi) is 2.46. The van der Waals surface area contributed by atoms with Crippen LogP contribution < -0.4 is 0 Å². The molecule has 0 atom stereocenters. The highest BCUT2D eigenvalue weighted by Crippen LogP contribution is 2.28. The summed E-state index contributed by atoms with van der Waals surface area (Å²) in [6, 6.07) is 17.1. The van der Waals surface area contributed by atoms with E-state index in [9.17, 15) is 4.79 Å². The van der Waals surface area contributed by atoms with Crippen LogP contribution in [0.5, 0.6) is 0 Å². The first-order chi connectivity index (χ1) is 8.81. The smallest absolute Gasteiger partial charge is 0.295 e. The Labute approximate surface area is 103 Å². The van der Waals surface area contributed by atoms with Crippen LogP contribution in [0.2, 0.25) is 0 Å². The van der Waals surface area contributed by atoms with Crippen molar-refractivity contribution in [1.29, 1.82) is 0 Å². The maximum absolute atomic E-state index is 11.8. The van der Waals surface area contributed by atoms with Gasteiger partial charge in [-0.05, 0) is 27.6 Å². The molecule has 0 radical (unpaired) electrons. The van der Waals surface area contributed by atoms with Crippen LogP contribution >= 0.6 is 0 Å². The molecule has 88 valence electrons. The molecule has 0 fully saturated rings. The van der Waals surface area contributed by atoms with E-state index < -0.39 is 5.97 Å². The van der Waals surface area contributed by atoms with E-state index in [4.69, 9.17) is 5.26 Å². The number of fused-ring (bicyclic) bond motifs is 2. The second kappa shape index (κ2) is 4.13. The van der Waals surface area contributed by atoms with Gasteiger partial charge >= 0.3 is 5.97 Å². The third-order valence-electron chi connectivity index (χ3n) is 3.06. The van der Waals surface area contributed by atoms with Gasteiger partial charge in [0.05, 0.1) is 5.56 Å². The summed E-state index contributed by atoms with van der Waals surface area (Å²) in [5.41, 5.74) is 0.395. The summed E-state index contributed by atoms with van der Waals surface area (Å²) in [6.07, 6.45) is 0. The fraction of sp³-hybridized carbons (Fsp3) is 0. The Bertz CT molecular complexity index is 693. The number of benzene rings is 3. The van der Waals surface area contributed by atoms with Crippen LogP contribution in [-0.4, -0.2) is 11.2 Å². The molecular weight excluding hydrogens is 228 g/mol. The molecule has 1 N–H and O–H groups in total. The van der Waals surface area contributed by atoms with E-state index in [1.165, 1.54) is 0 Å². The minimum Gasteiger partial charge on any atom is -0.295 e. The Balaban J connectivity index is 2.53. The van der Waals surface area contributed by atoms with Crippen molar-refractivity contribution in [1.82, 2.24) is 0 Å². The minimum absolute atomic E-state index is 0.395. The molecule has 0 bridgehead atoms. The van der Waals surface area contributed by atoms with Crippen LogP contribution in [-0.2, 0) is 4.89 Å². The Morgan fingerprint density at radius 2 is 1.39 bits per heavy atom. The highest BCUT2D eigenvalue weighted by molar-refractivity contribution is 6.16. The fourth-order valence-corrected chi connectivity index (χ4v) is 2.28. The Morgan fingerprint density at radius 3 is 1.89 bits per heavy atom. The van der Waals surface area contributed by atoms with Crippen molar-refractivity contribution in [2.75, 3.05) is 0 Å². The lowest BCUT2D eigenvalue weighted by Gasteiger charge is -2.08. The summed E-state index contributed by atoms with van der Waals surface area (Å²) in [5.74, 6) is -0.733. The van der Waals surface area contributed by atoms with Gasteiger partial charge < -0.3 is 0 Å². The van der Waals surface area contributed by atoms with Crippen molar-refractivity contribution in [3.05, 3.63) is 60.2 Å². The van der Waals surface area contributed by atoms with Crippen molar-refractivity contribution >= 4 is 27.5 Å². The minimum atomic E-state index is -0.733. The molecule has 3 heteroatoms. The van der Waals surface area contributed by atoms with Crippen LogP contribution in [0.25, 0.3) is 21.5 Å². The van der Waals surface area contributed by atoms with E-state index in [1.54, 1.807) is 0 Å². The zero-order valence-corrected chi connectivity index (χ0v) is 9.46. The summed E-state index contributed by atoms with van der Waals surface area (Å²) < 4.78 is 0. The topological polar surface area (TPSA) is 46.5 Å². The number of rotatable bonds is 1. The summed E-state index contributed by atoms with van der Waals surface area (Å²) in [5, 5.41) is 12.1. The molecule has 0 aliphatic heterocycles. The Hall–Kier alpha value is -2.39. The Morgan fingerprint density at radius 1 is 0.889 bits per heavy atom. The van der Waals surface area contributed by atoms with E-state index in [1.807, 2.05) is 54.6 Å². The average molecular weight is 238 g/mol. The van der Waals surface area contributed by atoms with Gasteiger partial charge in [-0.15, -0.1) is 0 Å². The highest BCUT2D eigenvalue weighted by atomic mass is 17.1. The molecule has 3 aromatic carbocycles. The average Bonchev–Trinajstić information content (AvgIpc) is 2.44. The molecular formula is C15H10O3. The van der Waals surface area contributed by atoms with E-state index in [2.05, 4.69) is 4.89 Å². The van der Waals surface area contributed by atoms with Gasteiger partial charge in [0, 0.05) is 0 Å². The van der Waals surface area contributed by atoms with E-state index in [-0.39, 0.29) is 0 Å². The van der Waals surface area contributed by atoms with Gasteiger partial charge in [0.25, 0.3) is 0 Å². The van der Waals surface area contributed by atoms with Crippen LogP contribution in [0, 0.1) is 0 Å².